The van der Waals surface area contributed by atoms with E-state index in [1.165, 1.54) is 19.4 Å². The number of ether oxygens (including phenoxy) is 4. The van der Waals surface area contributed by atoms with Gasteiger partial charge in [-0.05, 0) is 63.9 Å². The van der Waals surface area contributed by atoms with Crippen molar-refractivity contribution in [2.45, 2.75) is 116 Å². The Kier molecular flexibility index (Phi) is 14.3. The minimum atomic E-state index is -0.796. The number of aliphatic hydroxyl groups is 1. The Morgan fingerprint density at radius 2 is 1.91 bits per heavy atom. The lowest BCUT2D eigenvalue weighted by Crippen LogP contribution is -2.35. The second kappa shape index (κ2) is 17.4. The fraction of sp³-hybridized carbons (Fsp3) is 0.710. The van der Waals surface area contributed by atoms with Crippen molar-refractivity contribution in [1.29, 1.82) is 0 Å². The van der Waals surface area contributed by atoms with Crippen LogP contribution in [0, 0.1) is 11.8 Å². The Morgan fingerprint density at radius 1 is 1.16 bits per heavy atom. The van der Waals surface area contributed by atoms with Gasteiger partial charge in [0.1, 0.15) is 18.1 Å². The fourth-order valence-corrected chi connectivity index (χ4v) is 6.13. The maximum Gasteiger partial charge on any atom is 0.330 e. The van der Waals surface area contributed by atoms with Gasteiger partial charge in [0.15, 0.2) is 9.03 Å². The Balaban J connectivity index is 1.85. The molecule has 2 aliphatic heterocycles. The summed E-state index contributed by atoms with van der Waals surface area (Å²) < 4.78 is 34.0. The van der Waals surface area contributed by atoms with Gasteiger partial charge in [0, 0.05) is 32.1 Å². The van der Waals surface area contributed by atoms with Crippen LogP contribution in [0.25, 0.3) is 6.08 Å². The topological polar surface area (TPSA) is 147 Å². The van der Waals surface area contributed by atoms with Gasteiger partial charge in [0.2, 0.25) is 5.89 Å². The van der Waals surface area contributed by atoms with Gasteiger partial charge in [-0.15, -0.1) is 0 Å². The zero-order valence-electron chi connectivity index (χ0n) is 26.1. The molecular weight excluding hydrogens is 577 g/mol. The zero-order chi connectivity index (χ0) is 31.5. The number of aliphatic hydroxyl groups excluding tert-OH is 1. The normalized spacial score (nSPS) is 32.1. The Bertz CT molecular complexity index is 1100. The molecule has 2 bridgehead atoms. The number of carbonyl (C=O) groups is 2. The summed E-state index contributed by atoms with van der Waals surface area (Å²) in [7, 11) is 2.27. The summed E-state index contributed by atoms with van der Waals surface area (Å²) in [4.78, 5) is 39.5. The molecule has 0 radical (unpaired) electrons. The van der Waals surface area contributed by atoms with Crippen LogP contribution in [-0.4, -0.2) is 71.7 Å². The van der Waals surface area contributed by atoms with Crippen molar-refractivity contribution in [3.63, 3.8) is 0 Å². The molecule has 9 atom stereocenters. The van der Waals surface area contributed by atoms with Crippen LogP contribution in [0.5, 0.6) is 0 Å². The lowest BCUT2D eigenvalue weighted by Gasteiger charge is -2.35. The van der Waals surface area contributed by atoms with Crippen LogP contribution in [0.3, 0.4) is 0 Å². The van der Waals surface area contributed by atoms with Gasteiger partial charge in [-0.25, -0.2) is 9.78 Å². The molecular formula is C31H48NO10P. The highest BCUT2D eigenvalue weighted by atomic mass is 31.1. The van der Waals surface area contributed by atoms with Gasteiger partial charge < -0.3 is 37.9 Å². The molecule has 3 rings (SSSR count). The molecule has 11 nitrogen and oxygen atoms in total. The van der Waals surface area contributed by atoms with Gasteiger partial charge in [-0.2, -0.15) is 0 Å². The summed E-state index contributed by atoms with van der Waals surface area (Å²) in [6, 6.07) is 0. The van der Waals surface area contributed by atoms with E-state index in [-0.39, 0.29) is 36.8 Å². The molecule has 2 unspecified atom stereocenters. The summed E-state index contributed by atoms with van der Waals surface area (Å²) >= 11 is 0. The molecule has 43 heavy (non-hydrogen) atoms. The number of cyclic esters (lactones) is 1. The summed E-state index contributed by atoms with van der Waals surface area (Å²) in [5.41, 5.74) is 2.29. The maximum atomic E-state index is 13.3. The molecule has 0 aromatic carbocycles. The molecule has 2 saturated heterocycles. The number of oxazole rings is 1. The molecule has 1 aromatic rings. The van der Waals surface area contributed by atoms with Crippen molar-refractivity contribution in [3.8, 4) is 0 Å². The smallest absolute Gasteiger partial charge is 0.330 e. The lowest BCUT2D eigenvalue weighted by atomic mass is 9.86. The van der Waals surface area contributed by atoms with Gasteiger partial charge in [-0.1, -0.05) is 19.4 Å². The van der Waals surface area contributed by atoms with Crippen molar-refractivity contribution in [3.05, 3.63) is 35.1 Å². The third kappa shape index (κ3) is 11.1. The van der Waals surface area contributed by atoms with Crippen molar-refractivity contribution in [1.82, 2.24) is 4.98 Å². The van der Waals surface area contributed by atoms with Crippen LogP contribution >= 0.6 is 9.03 Å². The number of nitrogens with zero attached hydrogens (tertiary/aromatic N) is 1. The molecule has 2 aliphatic rings. The number of fused-ring (bicyclic) bond motifs is 2. The summed E-state index contributed by atoms with van der Waals surface area (Å²) in [5.74, 6) is -1.05. The van der Waals surface area contributed by atoms with E-state index < -0.39 is 39.1 Å². The quantitative estimate of drug-likeness (QED) is 0.234. The highest BCUT2D eigenvalue weighted by molar-refractivity contribution is 7.25. The summed E-state index contributed by atoms with van der Waals surface area (Å²) in [6.07, 6.45) is 6.42. The second-order valence-corrected chi connectivity index (χ2v) is 12.3. The fourth-order valence-electron chi connectivity index (χ4n) is 5.66. The van der Waals surface area contributed by atoms with Gasteiger partial charge in [0.25, 0.3) is 0 Å². The first-order valence-electron chi connectivity index (χ1n) is 15.0. The van der Waals surface area contributed by atoms with Crippen LogP contribution in [0.15, 0.2) is 27.9 Å². The average Bonchev–Trinajstić information content (AvgIpc) is 3.43. The van der Waals surface area contributed by atoms with Gasteiger partial charge in [-0.3, -0.25) is 4.79 Å². The van der Waals surface area contributed by atoms with Crippen molar-refractivity contribution in [2.24, 2.45) is 11.8 Å². The minimum Gasteiger partial charge on any atom is -0.466 e. The molecule has 0 saturated carbocycles. The molecule has 0 spiro atoms. The number of rotatable bonds is 7. The average molecular weight is 626 g/mol. The monoisotopic (exact) mass is 625 g/mol. The molecule has 3 heterocycles. The maximum absolute atomic E-state index is 13.3. The number of esters is 2. The van der Waals surface area contributed by atoms with E-state index in [1.807, 2.05) is 20.8 Å². The third-order valence-corrected chi connectivity index (χ3v) is 8.78. The molecule has 1 aromatic heterocycles. The van der Waals surface area contributed by atoms with Crippen LogP contribution < -0.4 is 0 Å². The predicted molar refractivity (Wildman–Crippen MR) is 161 cm³/mol. The number of aromatic nitrogens is 1. The molecule has 2 fully saturated rings. The van der Waals surface area contributed by atoms with Crippen LogP contribution in [-0.2, 0) is 33.1 Å². The van der Waals surface area contributed by atoms with Crippen molar-refractivity contribution in [2.75, 3.05) is 14.2 Å². The number of methoxy groups -OCH3 is 2. The van der Waals surface area contributed by atoms with E-state index in [0.29, 0.717) is 56.5 Å². The highest BCUT2D eigenvalue weighted by Crippen LogP contribution is 2.35. The van der Waals surface area contributed by atoms with Crippen molar-refractivity contribution < 1.29 is 47.5 Å². The number of hydrogen-bond acceptors (Lipinski definition) is 11. The Morgan fingerprint density at radius 3 is 2.60 bits per heavy atom. The molecule has 0 aliphatic carbocycles. The third-order valence-electron chi connectivity index (χ3n) is 8.37. The van der Waals surface area contributed by atoms with Crippen LogP contribution in [0.2, 0.25) is 0 Å². The van der Waals surface area contributed by atoms with Crippen LogP contribution in [0.1, 0.15) is 96.8 Å². The molecule has 12 heteroatoms. The van der Waals surface area contributed by atoms with Crippen molar-refractivity contribution >= 4 is 27.0 Å². The first-order chi connectivity index (χ1) is 20.5. The largest absolute Gasteiger partial charge is 0.466 e. The van der Waals surface area contributed by atoms with E-state index >= 15 is 0 Å². The Labute approximate surface area is 256 Å². The first kappa shape index (κ1) is 35.3. The first-order valence-corrected chi connectivity index (χ1v) is 15.9. The standard InChI is InChI=1S/C31H48NO10P/c1-18(21(4)37-5)11-29-32-26(17-39-29)28-15-23(33)8-7-9-24-12-22(14-30(34)38-6)13-25(40-24)16-27(42-43-36)19(2)10-20(3)31(35)41-28/h11,14,17,19-21,23-25,27-28,33,36,43H,7-10,12-13,15-16H2,1-6H3/b18-11+,22-14+/t19-,20-,21+,23-,24+,25+,27-,28?/m0/s1. The summed E-state index contributed by atoms with van der Waals surface area (Å²) in [5, 5.41) is 11.0. The SMILES string of the molecule is COC(=O)/C=C1\C[C@H]2CCC[C@H](O)CC(c3coc(/C=C(\C)[C@@H](C)OC)n3)OC(=O)[C@@H](C)C[C@H](C)[C@@H](OPO)C[C@@H](C1)O2. The van der Waals surface area contributed by atoms with E-state index in [4.69, 9.17) is 27.9 Å². The predicted octanol–water partition coefficient (Wildman–Crippen LogP) is 5.22. The second-order valence-electron chi connectivity index (χ2n) is 11.8. The van der Waals surface area contributed by atoms with E-state index in [9.17, 15) is 19.6 Å². The van der Waals surface area contributed by atoms with E-state index in [0.717, 1.165) is 11.1 Å². The van der Waals surface area contributed by atoms with Crippen LogP contribution in [0.4, 0.5) is 0 Å². The Hall–Kier alpha value is -2.14. The van der Waals surface area contributed by atoms with Gasteiger partial charge in [0.05, 0.1) is 43.5 Å². The molecule has 0 amide bonds. The van der Waals surface area contributed by atoms with E-state index in [1.54, 1.807) is 20.1 Å². The summed E-state index contributed by atoms with van der Waals surface area (Å²) in [6.45, 7) is 7.61. The van der Waals surface area contributed by atoms with E-state index in [2.05, 4.69) is 4.98 Å². The molecule has 242 valence electrons. The van der Waals surface area contributed by atoms with Gasteiger partial charge >= 0.3 is 11.9 Å². The minimum absolute atomic E-state index is 0.106. The zero-order valence-corrected chi connectivity index (χ0v) is 27.1. The highest BCUT2D eigenvalue weighted by Gasteiger charge is 2.33. The molecule has 2 N–H and O–H groups in total. The lowest BCUT2D eigenvalue weighted by molar-refractivity contribution is -0.156. The number of carbonyl (C=O) groups excluding carboxylic acids is 2. The number of hydrogen-bond donors (Lipinski definition) is 2.